The number of hydrogen-bond donors (Lipinski definition) is 2. The van der Waals surface area contributed by atoms with E-state index in [0.717, 1.165) is 0 Å². The number of nitrogens with two attached hydrogens (primary N) is 2. The minimum atomic E-state index is 0. The Hall–Kier alpha value is 2.44. The van der Waals surface area contributed by atoms with Crippen molar-refractivity contribution < 1.29 is 17.1 Å². The third-order valence-corrected chi connectivity index (χ3v) is 0.167. The van der Waals surface area contributed by atoms with Crippen LogP contribution in [0.3, 0.4) is 0 Å². The summed E-state index contributed by atoms with van der Waals surface area (Å²) >= 11 is 0. The summed E-state index contributed by atoms with van der Waals surface area (Å²) in [6.07, 6.45) is 0. The molecule has 0 aromatic rings. The molecule has 0 bridgehead atoms. The van der Waals surface area contributed by atoms with Crippen molar-refractivity contribution >= 4 is 59.1 Å². The molecule has 0 fully saturated rings. The SMILES string of the molecule is NCCN.[Cu].[Na].[Na]. The molecule has 0 heterocycles. The van der Waals surface area contributed by atoms with E-state index in [9.17, 15) is 0 Å². The summed E-state index contributed by atoms with van der Waals surface area (Å²) in [6, 6.07) is 0. The van der Waals surface area contributed by atoms with Gasteiger partial charge < -0.3 is 11.5 Å². The number of hydrogen-bond acceptors (Lipinski definition) is 2. The second kappa shape index (κ2) is 23.7. The first-order valence-electron chi connectivity index (χ1n) is 1.32. The Balaban J connectivity index is -0.0000000150. The van der Waals surface area contributed by atoms with Crippen LogP contribution in [0, 0.1) is 0 Å². The van der Waals surface area contributed by atoms with Gasteiger partial charge in [0, 0.05) is 89.3 Å². The van der Waals surface area contributed by atoms with Crippen molar-refractivity contribution in [2.75, 3.05) is 13.1 Å². The van der Waals surface area contributed by atoms with Crippen molar-refractivity contribution in [2.45, 2.75) is 0 Å². The Labute approximate surface area is 99.2 Å². The topological polar surface area (TPSA) is 52.0 Å². The monoisotopic (exact) mass is 169 g/mol. The van der Waals surface area contributed by atoms with Gasteiger partial charge >= 0.3 is 0 Å². The van der Waals surface area contributed by atoms with Gasteiger partial charge in [0.2, 0.25) is 0 Å². The molecular formula is C2H8CuN2Na2. The summed E-state index contributed by atoms with van der Waals surface area (Å²) in [7, 11) is 0. The molecule has 2 nitrogen and oxygen atoms in total. The van der Waals surface area contributed by atoms with Crippen molar-refractivity contribution in [3.05, 3.63) is 0 Å². The largest absolute Gasteiger partial charge is 0.329 e. The smallest absolute Gasteiger partial charge is 0.00461 e. The Morgan fingerprint density at radius 3 is 1.00 bits per heavy atom. The van der Waals surface area contributed by atoms with E-state index in [4.69, 9.17) is 11.5 Å². The van der Waals surface area contributed by atoms with Gasteiger partial charge in [0.05, 0.1) is 0 Å². The van der Waals surface area contributed by atoms with E-state index in [1.165, 1.54) is 0 Å². The zero-order chi connectivity index (χ0) is 3.41. The zero-order valence-corrected chi connectivity index (χ0v) is 9.81. The van der Waals surface area contributed by atoms with Crippen LogP contribution in [0.1, 0.15) is 0 Å². The van der Waals surface area contributed by atoms with Gasteiger partial charge in [-0.1, -0.05) is 0 Å². The average Bonchev–Trinajstić information content (AvgIpc) is 1.37. The molecule has 0 unspecified atom stereocenters. The summed E-state index contributed by atoms with van der Waals surface area (Å²) in [4.78, 5) is 0. The van der Waals surface area contributed by atoms with Crippen LogP contribution >= 0.6 is 0 Å². The van der Waals surface area contributed by atoms with E-state index in [1.807, 2.05) is 0 Å². The molecule has 5 heteroatoms. The Kier molecular flexibility index (Phi) is 76.9. The van der Waals surface area contributed by atoms with E-state index >= 15 is 0 Å². The molecule has 0 rings (SSSR count). The fourth-order valence-corrected chi connectivity index (χ4v) is 0. The first kappa shape index (κ1) is 22.7. The predicted octanol–water partition coefficient (Wildman–Crippen LogP) is -1.86. The van der Waals surface area contributed by atoms with Crippen LogP contribution in [0.25, 0.3) is 0 Å². The van der Waals surface area contributed by atoms with Crippen LogP contribution < -0.4 is 11.5 Å². The van der Waals surface area contributed by atoms with Gasteiger partial charge in [-0.3, -0.25) is 0 Å². The minimum absolute atomic E-state index is 0. The van der Waals surface area contributed by atoms with Crippen molar-refractivity contribution in [3.8, 4) is 0 Å². The molecule has 0 saturated heterocycles. The molecule has 0 amide bonds. The van der Waals surface area contributed by atoms with Gasteiger partial charge in [-0.05, 0) is 0 Å². The minimum Gasteiger partial charge on any atom is -0.329 e. The van der Waals surface area contributed by atoms with Crippen molar-refractivity contribution in [2.24, 2.45) is 11.5 Å². The van der Waals surface area contributed by atoms with Crippen LogP contribution in [0.15, 0.2) is 0 Å². The van der Waals surface area contributed by atoms with Gasteiger partial charge in [-0.25, -0.2) is 0 Å². The fraction of sp³-hybridized carbons (Fsp3) is 1.00. The van der Waals surface area contributed by atoms with E-state index in [-0.39, 0.29) is 76.2 Å². The van der Waals surface area contributed by atoms with Crippen LogP contribution in [-0.2, 0) is 17.1 Å². The maximum absolute atomic E-state index is 4.90. The van der Waals surface area contributed by atoms with E-state index in [2.05, 4.69) is 0 Å². The van der Waals surface area contributed by atoms with Gasteiger partial charge in [-0.15, -0.1) is 0 Å². The second-order valence-corrected chi connectivity index (χ2v) is 0.577. The molecule has 0 aliphatic heterocycles. The molecule has 0 saturated carbocycles. The quantitative estimate of drug-likeness (QED) is 0.453. The summed E-state index contributed by atoms with van der Waals surface area (Å²) in [5.74, 6) is 0. The Bertz CT molecular complexity index is 15.7. The van der Waals surface area contributed by atoms with Gasteiger partial charge in [0.15, 0.2) is 0 Å². The van der Waals surface area contributed by atoms with Gasteiger partial charge in [0.25, 0.3) is 0 Å². The molecule has 0 aromatic heterocycles. The fourth-order valence-electron chi connectivity index (χ4n) is 0. The van der Waals surface area contributed by atoms with Crippen molar-refractivity contribution in [1.29, 1.82) is 0 Å². The average molecular weight is 170 g/mol. The third kappa shape index (κ3) is 29.6. The summed E-state index contributed by atoms with van der Waals surface area (Å²) < 4.78 is 0. The maximum atomic E-state index is 4.90. The van der Waals surface area contributed by atoms with Gasteiger partial charge in [0.1, 0.15) is 0 Å². The molecule has 39 valence electrons. The van der Waals surface area contributed by atoms with E-state index in [1.54, 1.807) is 0 Å². The summed E-state index contributed by atoms with van der Waals surface area (Å²) in [6.45, 7) is 1.19. The van der Waals surface area contributed by atoms with Crippen molar-refractivity contribution in [3.63, 3.8) is 0 Å². The third-order valence-electron chi connectivity index (χ3n) is 0.167. The molecule has 7 heavy (non-hydrogen) atoms. The Morgan fingerprint density at radius 2 is 1.00 bits per heavy atom. The van der Waals surface area contributed by atoms with Crippen LogP contribution in [0.4, 0.5) is 0 Å². The summed E-state index contributed by atoms with van der Waals surface area (Å²) in [5, 5.41) is 0. The first-order valence-corrected chi connectivity index (χ1v) is 1.32. The predicted molar refractivity (Wildman–Crippen MR) is 29.6 cm³/mol. The second-order valence-electron chi connectivity index (χ2n) is 0.577. The van der Waals surface area contributed by atoms with Gasteiger partial charge in [-0.2, -0.15) is 0 Å². The first-order chi connectivity index (χ1) is 1.91. The molecule has 0 aromatic carbocycles. The standard InChI is InChI=1S/C2H8N2.Cu.2Na/c3-1-2-4;;;/h1-4H2;;;. The number of rotatable bonds is 1. The Morgan fingerprint density at radius 1 is 0.857 bits per heavy atom. The molecule has 0 atom stereocenters. The molecule has 0 aliphatic carbocycles. The summed E-state index contributed by atoms with van der Waals surface area (Å²) in [5.41, 5.74) is 9.81. The zero-order valence-electron chi connectivity index (χ0n) is 4.87. The maximum Gasteiger partial charge on any atom is 0.00461 e. The van der Waals surface area contributed by atoms with Crippen LogP contribution in [0.5, 0.6) is 0 Å². The normalized spacial score (nSPS) is 4.29. The molecule has 3 radical (unpaired) electrons. The molecular weight excluding hydrogens is 162 g/mol. The van der Waals surface area contributed by atoms with Crippen molar-refractivity contribution in [1.82, 2.24) is 0 Å². The molecule has 0 aliphatic rings. The van der Waals surface area contributed by atoms with E-state index < -0.39 is 0 Å². The van der Waals surface area contributed by atoms with Crippen LogP contribution in [-0.4, -0.2) is 72.2 Å². The molecule has 4 N–H and O–H groups in total. The van der Waals surface area contributed by atoms with Crippen LogP contribution in [0.2, 0.25) is 0 Å². The van der Waals surface area contributed by atoms with E-state index in [0.29, 0.717) is 13.1 Å². The molecule has 0 spiro atoms.